The number of carbonyl (C=O) groups excluding carboxylic acids is 1. The van der Waals surface area contributed by atoms with E-state index in [2.05, 4.69) is 20.9 Å². The van der Waals surface area contributed by atoms with Crippen LogP contribution >= 0.6 is 15.9 Å². The third-order valence-electron chi connectivity index (χ3n) is 2.64. The predicted octanol–water partition coefficient (Wildman–Crippen LogP) is 2.72. The van der Waals surface area contributed by atoms with E-state index in [0.29, 0.717) is 24.6 Å². The molecule has 4 nitrogen and oxygen atoms in total. The van der Waals surface area contributed by atoms with Gasteiger partial charge in [0.15, 0.2) is 5.58 Å². The lowest BCUT2D eigenvalue weighted by Crippen LogP contribution is -2.23. The first-order chi connectivity index (χ1) is 7.74. The number of anilines is 1. The monoisotopic (exact) mass is 280 g/mol. The van der Waals surface area contributed by atoms with E-state index in [9.17, 15) is 4.79 Å². The normalized spacial score (nSPS) is 16.3. The van der Waals surface area contributed by atoms with Crippen LogP contribution < -0.4 is 4.90 Å². The summed E-state index contributed by atoms with van der Waals surface area (Å²) in [5.74, 6) is 0.0885. The average Bonchev–Trinajstić information content (AvgIpc) is 2.82. The Morgan fingerprint density at radius 2 is 2.31 bits per heavy atom. The number of aromatic nitrogens is 1. The molecule has 1 aliphatic rings. The van der Waals surface area contributed by atoms with Crippen LogP contribution in [0.3, 0.4) is 0 Å². The summed E-state index contributed by atoms with van der Waals surface area (Å²) in [6.45, 7) is 0.701. The molecule has 0 N–H and O–H groups in total. The molecule has 0 radical (unpaired) electrons. The molecule has 2 heterocycles. The molecule has 0 unspecified atom stereocenters. The van der Waals surface area contributed by atoms with Crippen LogP contribution in [0.15, 0.2) is 27.1 Å². The summed E-state index contributed by atoms with van der Waals surface area (Å²) in [6.07, 6.45) is 1.46. The molecule has 1 fully saturated rings. The van der Waals surface area contributed by atoms with Crippen molar-refractivity contribution in [3.8, 4) is 0 Å². The van der Waals surface area contributed by atoms with Crippen molar-refractivity contribution in [2.75, 3.05) is 11.4 Å². The van der Waals surface area contributed by atoms with E-state index in [4.69, 9.17) is 4.42 Å². The van der Waals surface area contributed by atoms with Crippen LogP contribution in [0.4, 0.5) is 6.01 Å². The summed E-state index contributed by atoms with van der Waals surface area (Å²) < 4.78 is 6.50. The van der Waals surface area contributed by atoms with Crippen molar-refractivity contribution in [2.45, 2.75) is 12.8 Å². The third-order valence-corrected chi connectivity index (χ3v) is 3.14. The number of hydrogen-bond donors (Lipinski definition) is 0. The summed E-state index contributed by atoms with van der Waals surface area (Å²) in [7, 11) is 0. The Hall–Kier alpha value is -1.36. The van der Waals surface area contributed by atoms with Gasteiger partial charge in [0.1, 0.15) is 5.52 Å². The number of hydrogen-bond acceptors (Lipinski definition) is 3. The van der Waals surface area contributed by atoms with E-state index in [1.807, 2.05) is 18.2 Å². The standard InChI is InChI=1S/C11H9BrN2O2/c12-7-3-4-9-8(6-7)13-11(16-9)14-5-1-2-10(14)15/h3-4,6H,1-2,5H2. The molecule has 0 saturated carbocycles. The highest BCUT2D eigenvalue weighted by Gasteiger charge is 2.25. The summed E-state index contributed by atoms with van der Waals surface area (Å²) in [5.41, 5.74) is 1.47. The molecule has 0 spiro atoms. The topological polar surface area (TPSA) is 46.3 Å². The molecule has 0 atom stereocenters. The van der Waals surface area contributed by atoms with Gasteiger partial charge in [0.25, 0.3) is 0 Å². The Morgan fingerprint density at radius 3 is 3.06 bits per heavy atom. The number of oxazole rings is 1. The highest BCUT2D eigenvalue weighted by Crippen LogP contribution is 2.27. The summed E-state index contributed by atoms with van der Waals surface area (Å²) in [4.78, 5) is 17.5. The Labute approximate surface area is 100 Å². The van der Waals surface area contributed by atoms with E-state index >= 15 is 0 Å². The quantitative estimate of drug-likeness (QED) is 0.807. The predicted molar refractivity (Wildman–Crippen MR) is 63.3 cm³/mol. The van der Waals surface area contributed by atoms with Gasteiger partial charge in [-0.3, -0.25) is 9.69 Å². The van der Waals surface area contributed by atoms with Crippen LogP contribution in [0.2, 0.25) is 0 Å². The minimum absolute atomic E-state index is 0.0885. The Kier molecular flexibility index (Phi) is 2.21. The number of amides is 1. The van der Waals surface area contributed by atoms with Crippen molar-refractivity contribution < 1.29 is 9.21 Å². The lowest BCUT2D eigenvalue weighted by atomic mass is 10.3. The second-order valence-electron chi connectivity index (χ2n) is 3.76. The largest absolute Gasteiger partial charge is 0.423 e. The maximum absolute atomic E-state index is 11.5. The lowest BCUT2D eigenvalue weighted by Gasteiger charge is -2.08. The van der Waals surface area contributed by atoms with Gasteiger partial charge in [0, 0.05) is 17.4 Å². The molecular weight excluding hydrogens is 272 g/mol. The van der Waals surface area contributed by atoms with Gasteiger partial charge in [-0.2, -0.15) is 4.98 Å². The van der Waals surface area contributed by atoms with Gasteiger partial charge in [0.2, 0.25) is 5.91 Å². The summed E-state index contributed by atoms with van der Waals surface area (Å²) in [5, 5.41) is 0. The van der Waals surface area contributed by atoms with Crippen LogP contribution in [-0.4, -0.2) is 17.4 Å². The average molecular weight is 281 g/mol. The zero-order valence-electron chi connectivity index (χ0n) is 8.44. The summed E-state index contributed by atoms with van der Waals surface area (Å²) in [6, 6.07) is 6.03. The van der Waals surface area contributed by atoms with Gasteiger partial charge >= 0.3 is 6.01 Å². The number of benzene rings is 1. The van der Waals surface area contributed by atoms with Gasteiger partial charge in [-0.05, 0) is 24.6 Å². The lowest BCUT2D eigenvalue weighted by molar-refractivity contribution is -0.117. The fraction of sp³-hybridized carbons (Fsp3) is 0.273. The first kappa shape index (κ1) is 9.84. The molecule has 0 aliphatic carbocycles. The van der Waals surface area contributed by atoms with Crippen LogP contribution in [-0.2, 0) is 4.79 Å². The second-order valence-corrected chi connectivity index (χ2v) is 4.67. The second kappa shape index (κ2) is 3.59. The van der Waals surface area contributed by atoms with Gasteiger partial charge in [-0.1, -0.05) is 15.9 Å². The van der Waals surface area contributed by atoms with Crippen LogP contribution in [0.5, 0.6) is 0 Å². The van der Waals surface area contributed by atoms with Crippen molar-refractivity contribution in [1.29, 1.82) is 0 Å². The zero-order chi connectivity index (χ0) is 11.1. The van der Waals surface area contributed by atoms with Gasteiger partial charge < -0.3 is 4.42 Å². The first-order valence-corrected chi connectivity index (χ1v) is 5.90. The molecule has 5 heteroatoms. The van der Waals surface area contributed by atoms with E-state index in [1.165, 1.54) is 0 Å². The minimum atomic E-state index is 0.0885. The number of rotatable bonds is 1. The van der Waals surface area contributed by atoms with Crippen molar-refractivity contribution in [2.24, 2.45) is 0 Å². The van der Waals surface area contributed by atoms with E-state index < -0.39 is 0 Å². The molecule has 82 valence electrons. The van der Waals surface area contributed by atoms with Gasteiger partial charge in [-0.15, -0.1) is 0 Å². The van der Waals surface area contributed by atoms with E-state index in [0.717, 1.165) is 16.4 Å². The molecular formula is C11H9BrN2O2. The van der Waals surface area contributed by atoms with Crippen LogP contribution in [0.25, 0.3) is 11.1 Å². The molecule has 2 aromatic rings. The van der Waals surface area contributed by atoms with Crippen LogP contribution in [0, 0.1) is 0 Å². The van der Waals surface area contributed by atoms with Crippen molar-refractivity contribution in [3.05, 3.63) is 22.7 Å². The zero-order valence-corrected chi connectivity index (χ0v) is 10.0. The van der Waals surface area contributed by atoms with Crippen molar-refractivity contribution in [3.63, 3.8) is 0 Å². The molecule has 0 bridgehead atoms. The molecule has 3 rings (SSSR count). The number of halogens is 1. The Morgan fingerprint density at radius 1 is 1.44 bits per heavy atom. The third kappa shape index (κ3) is 1.51. The molecule has 1 amide bonds. The van der Waals surface area contributed by atoms with Gasteiger partial charge in [0.05, 0.1) is 0 Å². The number of fused-ring (bicyclic) bond motifs is 1. The first-order valence-electron chi connectivity index (χ1n) is 5.10. The van der Waals surface area contributed by atoms with Crippen molar-refractivity contribution in [1.82, 2.24) is 4.98 Å². The van der Waals surface area contributed by atoms with Gasteiger partial charge in [-0.25, -0.2) is 0 Å². The van der Waals surface area contributed by atoms with Crippen molar-refractivity contribution >= 4 is 39.0 Å². The summed E-state index contributed by atoms with van der Waals surface area (Å²) >= 11 is 3.37. The maximum Gasteiger partial charge on any atom is 0.305 e. The van der Waals surface area contributed by atoms with Crippen LogP contribution in [0.1, 0.15) is 12.8 Å². The Balaban J connectivity index is 2.08. The fourth-order valence-corrected chi connectivity index (χ4v) is 2.20. The highest BCUT2D eigenvalue weighted by molar-refractivity contribution is 9.10. The molecule has 1 aromatic carbocycles. The van der Waals surface area contributed by atoms with E-state index in [-0.39, 0.29) is 5.91 Å². The number of carbonyl (C=O) groups is 1. The molecule has 1 aromatic heterocycles. The molecule has 16 heavy (non-hydrogen) atoms. The molecule has 1 saturated heterocycles. The number of nitrogens with zero attached hydrogens (tertiary/aromatic N) is 2. The smallest absolute Gasteiger partial charge is 0.305 e. The fourth-order valence-electron chi connectivity index (χ4n) is 1.85. The maximum atomic E-state index is 11.5. The highest BCUT2D eigenvalue weighted by atomic mass is 79.9. The Bertz CT molecular complexity index is 564. The molecule has 1 aliphatic heterocycles. The SMILES string of the molecule is O=C1CCCN1c1nc2cc(Br)ccc2o1. The minimum Gasteiger partial charge on any atom is -0.423 e. The van der Waals surface area contributed by atoms with E-state index in [1.54, 1.807) is 4.90 Å².